The third kappa shape index (κ3) is 1.60. The van der Waals surface area contributed by atoms with Crippen molar-refractivity contribution in [2.24, 2.45) is 6.98 Å². The Labute approximate surface area is 155 Å². The van der Waals surface area contributed by atoms with Crippen LogP contribution in [-0.4, -0.2) is 9.13 Å². The molecular formula is C23H18N3+. The molecule has 0 radical (unpaired) electrons. The largest absolute Gasteiger partial charge is 0.274 e. The Hall–Kier alpha value is -3.33. The Balaban J connectivity index is 1.87. The number of rotatable bonds is 1. The molecule has 124 valence electrons. The minimum Gasteiger partial charge on any atom is -0.255 e. The Morgan fingerprint density at radius 2 is 1.65 bits per heavy atom. The molecule has 0 saturated carbocycles. The van der Waals surface area contributed by atoms with E-state index in [-0.39, 0.29) is 0 Å². The number of benzene rings is 3. The number of imidazole rings is 1. The Kier molecular flexibility index (Phi) is 2.11. The first-order valence-corrected chi connectivity index (χ1v) is 8.77. The fourth-order valence-corrected chi connectivity index (χ4v) is 4.31. The molecular weight excluding hydrogens is 318 g/mol. The van der Waals surface area contributed by atoms with E-state index in [0.29, 0.717) is 6.54 Å². The molecule has 0 amide bonds. The maximum absolute atomic E-state index is 8.34. The third-order valence-electron chi connectivity index (χ3n) is 5.37. The summed E-state index contributed by atoms with van der Waals surface area (Å²) in [6, 6.07) is 26.3. The normalized spacial score (nSPS) is 14.8. The molecule has 3 heteroatoms. The van der Waals surface area contributed by atoms with Gasteiger partial charge < -0.3 is 0 Å². The van der Waals surface area contributed by atoms with Gasteiger partial charge in [0.05, 0.1) is 28.6 Å². The summed E-state index contributed by atoms with van der Waals surface area (Å²) in [5, 5.41) is 0.946. The first-order chi connectivity index (χ1) is 14.1. The summed E-state index contributed by atoms with van der Waals surface area (Å²) in [4.78, 5) is 0. The van der Waals surface area contributed by atoms with E-state index >= 15 is 0 Å². The first kappa shape index (κ1) is 11.3. The van der Waals surface area contributed by atoms with Gasteiger partial charge in [0.2, 0.25) is 5.82 Å². The van der Waals surface area contributed by atoms with Crippen LogP contribution in [0.25, 0.3) is 39.1 Å². The van der Waals surface area contributed by atoms with Crippen molar-refractivity contribution < 1.29 is 8.68 Å². The lowest BCUT2D eigenvalue weighted by atomic mass is 10.1. The molecule has 0 atom stereocenters. The molecule has 0 N–H and O–H groups in total. The molecule has 0 bridgehead atoms. The molecule has 0 saturated heterocycles. The molecule has 0 unspecified atom stereocenters. The van der Waals surface area contributed by atoms with Crippen molar-refractivity contribution in [3.63, 3.8) is 0 Å². The van der Waals surface area contributed by atoms with Gasteiger partial charge in [-0.25, -0.2) is 9.13 Å². The zero-order valence-corrected chi connectivity index (χ0v) is 14.1. The summed E-state index contributed by atoms with van der Waals surface area (Å²) in [6.07, 6.45) is 0. The fraction of sp³-hybridized carbons (Fsp3) is 0.0870. The number of hydrogen-bond donors (Lipinski definition) is 0. The van der Waals surface area contributed by atoms with E-state index < -0.39 is 6.98 Å². The number of hydrogen-bond acceptors (Lipinski definition) is 0. The predicted molar refractivity (Wildman–Crippen MR) is 104 cm³/mol. The average Bonchev–Trinajstić information content (AvgIpc) is 3.34. The van der Waals surface area contributed by atoms with Crippen LogP contribution < -0.4 is 4.57 Å². The van der Waals surface area contributed by atoms with Crippen LogP contribution in [0.4, 0.5) is 0 Å². The molecule has 0 aliphatic carbocycles. The summed E-state index contributed by atoms with van der Waals surface area (Å²) < 4.78 is 30.9. The molecule has 5 aromatic rings. The van der Waals surface area contributed by atoms with Crippen molar-refractivity contribution in [2.75, 3.05) is 0 Å². The van der Waals surface area contributed by atoms with Crippen molar-refractivity contribution >= 4 is 22.1 Å². The van der Waals surface area contributed by atoms with Crippen LogP contribution in [-0.2, 0) is 13.5 Å². The molecule has 2 aromatic heterocycles. The summed E-state index contributed by atoms with van der Waals surface area (Å²) in [5.41, 5.74) is 5.84. The first-order valence-electron chi connectivity index (χ1n) is 10.3. The lowest BCUT2D eigenvalue weighted by Gasteiger charge is -2.03. The van der Waals surface area contributed by atoms with E-state index in [1.54, 1.807) is 4.57 Å². The quantitative estimate of drug-likeness (QED) is 0.393. The highest BCUT2D eigenvalue weighted by Crippen LogP contribution is 2.36. The van der Waals surface area contributed by atoms with Crippen molar-refractivity contribution in [1.82, 2.24) is 9.13 Å². The standard InChI is InChI=1S/C23H18N3/c1-24-21-19-13-7-8-14-20(19)26(17-10-3-2-4-11-17)23(21)25-15-16-9-5-6-12-18(16)22(24)25/h2-14H,15H2,1H3/q+1/i1D3. The molecule has 0 fully saturated rings. The van der Waals surface area contributed by atoms with Gasteiger partial charge >= 0.3 is 0 Å². The summed E-state index contributed by atoms with van der Waals surface area (Å²) in [6.45, 7) is -1.63. The van der Waals surface area contributed by atoms with E-state index in [2.05, 4.69) is 33.4 Å². The van der Waals surface area contributed by atoms with Crippen LogP contribution in [0.1, 0.15) is 9.68 Å². The second-order valence-electron chi connectivity index (χ2n) is 6.76. The molecule has 1 aliphatic heterocycles. The minimum atomic E-state index is -2.29. The van der Waals surface area contributed by atoms with E-state index in [1.807, 2.05) is 54.6 Å². The van der Waals surface area contributed by atoms with E-state index in [0.717, 1.165) is 44.7 Å². The van der Waals surface area contributed by atoms with Gasteiger partial charge in [-0.15, -0.1) is 0 Å². The summed E-state index contributed by atoms with van der Waals surface area (Å²) in [7, 11) is 0. The van der Waals surface area contributed by atoms with Gasteiger partial charge in [0.25, 0.3) is 5.65 Å². The molecule has 1 aliphatic rings. The highest BCUT2D eigenvalue weighted by atomic mass is 15.2. The van der Waals surface area contributed by atoms with Crippen molar-refractivity contribution in [3.8, 4) is 17.1 Å². The van der Waals surface area contributed by atoms with Gasteiger partial charge in [0, 0.05) is 5.56 Å². The zero-order chi connectivity index (χ0) is 19.8. The number of aromatic nitrogens is 3. The van der Waals surface area contributed by atoms with Crippen LogP contribution >= 0.6 is 0 Å². The van der Waals surface area contributed by atoms with E-state index in [9.17, 15) is 0 Å². The van der Waals surface area contributed by atoms with Crippen molar-refractivity contribution in [1.29, 1.82) is 0 Å². The van der Waals surface area contributed by atoms with Gasteiger partial charge in [-0.05, 0) is 30.3 Å². The van der Waals surface area contributed by atoms with Crippen LogP contribution in [0, 0.1) is 0 Å². The van der Waals surface area contributed by atoms with Gasteiger partial charge in [-0.1, -0.05) is 48.5 Å². The highest BCUT2D eigenvalue weighted by Gasteiger charge is 2.35. The predicted octanol–water partition coefficient (Wildman–Crippen LogP) is 4.44. The monoisotopic (exact) mass is 339 g/mol. The highest BCUT2D eigenvalue weighted by molar-refractivity contribution is 6.06. The third-order valence-corrected chi connectivity index (χ3v) is 5.37. The molecule has 26 heavy (non-hydrogen) atoms. The van der Waals surface area contributed by atoms with Crippen LogP contribution in [0.3, 0.4) is 0 Å². The molecule has 6 rings (SSSR count). The Morgan fingerprint density at radius 1 is 0.885 bits per heavy atom. The maximum atomic E-state index is 8.34. The molecule has 3 nitrogen and oxygen atoms in total. The Morgan fingerprint density at radius 3 is 2.54 bits per heavy atom. The van der Waals surface area contributed by atoms with Crippen LogP contribution in [0.2, 0.25) is 0 Å². The average molecular weight is 339 g/mol. The second kappa shape index (κ2) is 4.85. The minimum absolute atomic E-state index is 0.661. The number of nitrogens with zero attached hydrogens (tertiary/aromatic N) is 3. The summed E-state index contributed by atoms with van der Waals surface area (Å²) in [5.74, 6) is 0.751. The SMILES string of the molecule is [2H]C([2H])([2H])n1c2[n+](c3c1c1ccccc1n3-c1ccccc1)Cc1ccccc1-2. The van der Waals surface area contributed by atoms with Gasteiger partial charge in [0.1, 0.15) is 11.2 Å². The number of para-hydroxylation sites is 2. The van der Waals surface area contributed by atoms with Gasteiger partial charge in [-0.3, -0.25) is 4.57 Å². The molecule has 3 heterocycles. The number of fused-ring (bicyclic) bond motifs is 7. The smallest absolute Gasteiger partial charge is 0.255 e. The maximum Gasteiger partial charge on any atom is 0.274 e. The van der Waals surface area contributed by atoms with Gasteiger partial charge in [0.15, 0.2) is 5.52 Å². The number of aryl methyl sites for hydroxylation is 1. The topological polar surface area (TPSA) is 13.7 Å². The zero-order valence-electron chi connectivity index (χ0n) is 17.1. The molecule has 3 aromatic carbocycles. The summed E-state index contributed by atoms with van der Waals surface area (Å²) >= 11 is 0. The lowest BCUT2D eigenvalue weighted by molar-refractivity contribution is -0.648. The van der Waals surface area contributed by atoms with Crippen molar-refractivity contribution in [3.05, 3.63) is 84.4 Å². The van der Waals surface area contributed by atoms with Crippen molar-refractivity contribution in [2.45, 2.75) is 6.54 Å². The fourth-order valence-electron chi connectivity index (χ4n) is 4.31. The van der Waals surface area contributed by atoms with E-state index in [1.165, 1.54) is 0 Å². The second-order valence-corrected chi connectivity index (χ2v) is 6.76. The van der Waals surface area contributed by atoms with Crippen LogP contribution in [0.5, 0.6) is 0 Å². The Bertz CT molecular complexity index is 1410. The van der Waals surface area contributed by atoms with Crippen LogP contribution in [0.15, 0.2) is 78.9 Å². The van der Waals surface area contributed by atoms with E-state index in [4.69, 9.17) is 4.11 Å². The molecule has 0 spiro atoms. The lowest BCUT2D eigenvalue weighted by Crippen LogP contribution is -2.33. The van der Waals surface area contributed by atoms with Gasteiger partial charge in [-0.2, -0.15) is 0 Å².